The van der Waals surface area contributed by atoms with Gasteiger partial charge in [0.25, 0.3) is 0 Å². The van der Waals surface area contributed by atoms with Crippen LogP contribution in [0.3, 0.4) is 0 Å². The van der Waals surface area contributed by atoms with Crippen molar-refractivity contribution >= 4 is 22.4 Å². The first-order chi connectivity index (χ1) is 12.2. The van der Waals surface area contributed by atoms with Crippen molar-refractivity contribution in [3.05, 3.63) is 84.4 Å². The van der Waals surface area contributed by atoms with Crippen LogP contribution in [0, 0.1) is 11.6 Å². The van der Waals surface area contributed by atoms with E-state index in [1.165, 1.54) is 24.3 Å². The van der Waals surface area contributed by atoms with E-state index in [4.69, 9.17) is 0 Å². The van der Waals surface area contributed by atoms with Gasteiger partial charge in [0.05, 0.1) is 5.52 Å². The Morgan fingerprint density at radius 1 is 0.680 bits per heavy atom. The molecule has 1 aromatic heterocycles. The standard InChI is InChI=1S/C20H13F2N3/c21-14-7-5-13(6-8-14)19-24-18-4-2-1-3-17(18)20(25-19)23-16-11-9-15(22)10-12-16/h1-12H,(H,23,24,25). The van der Waals surface area contributed by atoms with E-state index in [1.807, 2.05) is 24.3 Å². The molecule has 1 N–H and O–H groups in total. The van der Waals surface area contributed by atoms with Gasteiger partial charge in [0.15, 0.2) is 5.82 Å². The maximum Gasteiger partial charge on any atom is 0.162 e. The summed E-state index contributed by atoms with van der Waals surface area (Å²) in [5.74, 6) is 0.485. The van der Waals surface area contributed by atoms with Gasteiger partial charge in [-0.1, -0.05) is 12.1 Å². The minimum atomic E-state index is -0.311. The van der Waals surface area contributed by atoms with E-state index >= 15 is 0 Å². The van der Waals surface area contributed by atoms with Gasteiger partial charge in [0.1, 0.15) is 17.5 Å². The van der Waals surface area contributed by atoms with Gasteiger partial charge in [-0.15, -0.1) is 0 Å². The van der Waals surface area contributed by atoms with Crippen LogP contribution < -0.4 is 5.32 Å². The third-order valence-electron chi connectivity index (χ3n) is 3.81. The quantitative estimate of drug-likeness (QED) is 0.551. The van der Waals surface area contributed by atoms with E-state index in [0.717, 1.165) is 16.6 Å². The Bertz CT molecular complexity index is 1030. The van der Waals surface area contributed by atoms with Crippen molar-refractivity contribution in [1.82, 2.24) is 9.97 Å². The van der Waals surface area contributed by atoms with E-state index in [-0.39, 0.29) is 11.6 Å². The lowest BCUT2D eigenvalue weighted by Crippen LogP contribution is -1.99. The Balaban J connectivity index is 1.83. The number of benzene rings is 3. The van der Waals surface area contributed by atoms with Crippen LogP contribution in [0.1, 0.15) is 0 Å². The third kappa shape index (κ3) is 3.17. The average molecular weight is 333 g/mol. The number of nitrogens with one attached hydrogen (secondary N) is 1. The Kier molecular flexibility index (Phi) is 3.82. The average Bonchev–Trinajstić information content (AvgIpc) is 2.64. The Morgan fingerprint density at radius 2 is 1.32 bits per heavy atom. The molecule has 3 nitrogen and oxygen atoms in total. The normalized spacial score (nSPS) is 10.8. The summed E-state index contributed by atoms with van der Waals surface area (Å²) in [6.07, 6.45) is 0. The SMILES string of the molecule is Fc1ccc(Nc2nc(-c3ccc(F)cc3)nc3ccccc23)cc1. The number of rotatable bonds is 3. The molecule has 3 aromatic carbocycles. The Labute approximate surface area is 143 Å². The van der Waals surface area contributed by atoms with Crippen LogP contribution in [0.5, 0.6) is 0 Å². The van der Waals surface area contributed by atoms with Gasteiger partial charge in [-0.2, -0.15) is 0 Å². The van der Waals surface area contributed by atoms with Gasteiger partial charge in [-0.05, 0) is 60.7 Å². The van der Waals surface area contributed by atoms with E-state index in [1.54, 1.807) is 24.3 Å². The molecule has 0 fully saturated rings. The molecule has 122 valence electrons. The number of aromatic nitrogens is 2. The van der Waals surface area contributed by atoms with Gasteiger partial charge in [-0.25, -0.2) is 18.7 Å². The van der Waals surface area contributed by atoms with Gasteiger partial charge in [-0.3, -0.25) is 0 Å². The first-order valence-electron chi connectivity index (χ1n) is 7.74. The van der Waals surface area contributed by atoms with Crippen molar-refractivity contribution in [2.24, 2.45) is 0 Å². The van der Waals surface area contributed by atoms with Crippen LogP contribution in [-0.4, -0.2) is 9.97 Å². The van der Waals surface area contributed by atoms with Crippen LogP contribution in [0.2, 0.25) is 0 Å². The fourth-order valence-electron chi connectivity index (χ4n) is 2.57. The highest BCUT2D eigenvalue weighted by Crippen LogP contribution is 2.27. The van der Waals surface area contributed by atoms with Crippen molar-refractivity contribution in [2.75, 3.05) is 5.32 Å². The van der Waals surface area contributed by atoms with Gasteiger partial charge < -0.3 is 5.32 Å². The molecule has 0 aliphatic heterocycles. The van der Waals surface area contributed by atoms with E-state index < -0.39 is 0 Å². The lowest BCUT2D eigenvalue weighted by molar-refractivity contribution is 0.627. The molecule has 0 saturated carbocycles. The number of halogens is 2. The number of para-hydroxylation sites is 1. The number of anilines is 2. The highest BCUT2D eigenvalue weighted by atomic mass is 19.1. The molecule has 4 rings (SSSR count). The molecular weight excluding hydrogens is 320 g/mol. The van der Waals surface area contributed by atoms with E-state index in [9.17, 15) is 8.78 Å². The second kappa shape index (κ2) is 6.28. The molecule has 0 aliphatic rings. The predicted octanol–water partition coefficient (Wildman–Crippen LogP) is 5.32. The molecule has 4 aromatic rings. The lowest BCUT2D eigenvalue weighted by atomic mass is 10.1. The first kappa shape index (κ1) is 15.2. The molecular formula is C20H13F2N3. The minimum Gasteiger partial charge on any atom is -0.340 e. The Morgan fingerprint density at radius 3 is 2.04 bits per heavy atom. The number of nitrogens with zero attached hydrogens (tertiary/aromatic N) is 2. The molecule has 0 spiro atoms. The van der Waals surface area contributed by atoms with Crippen molar-refractivity contribution < 1.29 is 8.78 Å². The van der Waals surface area contributed by atoms with Crippen LogP contribution >= 0.6 is 0 Å². The summed E-state index contributed by atoms with van der Waals surface area (Å²) >= 11 is 0. The van der Waals surface area contributed by atoms with Gasteiger partial charge >= 0.3 is 0 Å². The maximum atomic E-state index is 13.2. The van der Waals surface area contributed by atoms with Crippen LogP contribution in [0.25, 0.3) is 22.3 Å². The third-order valence-corrected chi connectivity index (χ3v) is 3.81. The lowest BCUT2D eigenvalue weighted by Gasteiger charge is -2.11. The van der Waals surface area contributed by atoms with Crippen molar-refractivity contribution in [1.29, 1.82) is 0 Å². The summed E-state index contributed by atoms with van der Waals surface area (Å²) in [4.78, 5) is 9.14. The van der Waals surface area contributed by atoms with E-state index in [2.05, 4.69) is 15.3 Å². The Hall–Kier alpha value is -3.34. The van der Waals surface area contributed by atoms with Crippen molar-refractivity contribution in [3.8, 4) is 11.4 Å². The first-order valence-corrected chi connectivity index (χ1v) is 7.74. The van der Waals surface area contributed by atoms with E-state index in [0.29, 0.717) is 17.2 Å². The smallest absolute Gasteiger partial charge is 0.162 e. The summed E-state index contributed by atoms with van der Waals surface area (Å²) in [5, 5.41) is 4.05. The second-order valence-electron chi connectivity index (χ2n) is 5.55. The molecule has 25 heavy (non-hydrogen) atoms. The molecule has 0 saturated heterocycles. The predicted molar refractivity (Wildman–Crippen MR) is 94.6 cm³/mol. The highest BCUT2D eigenvalue weighted by Gasteiger charge is 2.10. The highest BCUT2D eigenvalue weighted by molar-refractivity contribution is 5.92. The largest absolute Gasteiger partial charge is 0.340 e. The fraction of sp³-hybridized carbons (Fsp3) is 0. The molecule has 0 amide bonds. The minimum absolute atomic E-state index is 0.301. The molecule has 0 bridgehead atoms. The zero-order valence-electron chi connectivity index (χ0n) is 13.1. The van der Waals surface area contributed by atoms with Gasteiger partial charge in [0.2, 0.25) is 0 Å². The molecule has 0 aliphatic carbocycles. The van der Waals surface area contributed by atoms with Crippen LogP contribution in [0.15, 0.2) is 72.8 Å². The number of hydrogen-bond donors (Lipinski definition) is 1. The van der Waals surface area contributed by atoms with Crippen LogP contribution in [0.4, 0.5) is 20.3 Å². The summed E-state index contributed by atoms with van der Waals surface area (Å²) in [7, 11) is 0. The zero-order valence-corrected chi connectivity index (χ0v) is 13.1. The van der Waals surface area contributed by atoms with Crippen molar-refractivity contribution in [2.45, 2.75) is 0 Å². The molecule has 1 heterocycles. The van der Waals surface area contributed by atoms with Gasteiger partial charge in [0, 0.05) is 16.6 Å². The molecule has 0 radical (unpaired) electrons. The summed E-state index contributed by atoms with van der Waals surface area (Å²) in [5.41, 5.74) is 2.20. The van der Waals surface area contributed by atoms with Crippen molar-refractivity contribution in [3.63, 3.8) is 0 Å². The summed E-state index contributed by atoms with van der Waals surface area (Å²) in [6.45, 7) is 0. The van der Waals surface area contributed by atoms with Crippen LogP contribution in [-0.2, 0) is 0 Å². The summed E-state index contributed by atoms with van der Waals surface area (Å²) in [6, 6.07) is 19.7. The molecule has 0 atom stereocenters. The topological polar surface area (TPSA) is 37.8 Å². The molecule has 5 heteroatoms. The molecule has 0 unspecified atom stereocenters. The number of hydrogen-bond acceptors (Lipinski definition) is 3. The maximum absolute atomic E-state index is 13.2. The second-order valence-corrected chi connectivity index (χ2v) is 5.55. The summed E-state index contributed by atoms with van der Waals surface area (Å²) < 4.78 is 26.3. The number of fused-ring (bicyclic) bond motifs is 1. The zero-order chi connectivity index (χ0) is 17.2. The fourth-order valence-corrected chi connectivity index (χ4v) is 2.57. The monoisotopic (exact) mass is 333 g/mol.